The molecule has 3 aromatic rings. The van der Waals surface area contributed by atoms with E-state index in [9.17, 15) is 5.11 Å². The van der Waals surface area contributed by atoms with Crippen LogP contribution in [0.3, 0.4) is 0 Å². The largest absolute Gasteiger partial charge is 0.497 e. The van der Waals surface area contributed by atoms with Crippen LogP contribution >= 0.6 is 11.6 Å². The number of aliphatic hydroxyl groups excluding tert-OH is 1. The molecule has 1 fully saturated rings. The minimum absolute atomic E-state index is 0.206. The highest BCUT2D eigenvalue weighted by atomic mass is 35.5. The van der Waals surface area contributed by atoms with E-state index >= 15 is 0 Å². The lowest BCUT2D eigenvalue weighted by Crippen LogP contribution is -2.47. The smallest absolute Gasteiger partial charge is 0.118 e. The summed E-state index contributed by atoms with van der Waals surface area (Å²) in [7, 11) is 1.69. The summed E-state index contributed by atoms with van der Waals surface area (Å²) in [5, 5.41) is 11.3. The number of para-hydroxylation sites is 1. The van der Waals surface area contributed by atoms with Gasteiger partial charge < -0.3 is 14.4 Å². The molecule has 0 saturated heterocycles. The molecular weight excluding hydrogens is 408 g/mol. The predicted octanol–water partition coefficient (Wildman–Crippen LogP) is 5.47. The van der Waals surface area contributed by atoms with E-state index in [4.69, 9.17) is 16.3 Å². The summed E-state index contributed by atoms with van der Waals surface area (Å²) in [5.74, 6) is 0.849. The zero-order valence-electron chi connectivity index (χ0n) is 17.9. The molecule has 2 heterocycles. The van der Waals surface area contributed by atoms with Crippen molar-refractivity contribution >= 4 is 11.6 Å². The van der Waals surface area contributed by atoms with Crippen molar-refractivity contribution in [2.24, 2.45) is 0 Å². The number of aliphatic hydroxyl groups is 1. The summed E-state index contributed by atoms with van der Waals surface area (Å²) >= 11 is 6.65. The number of hydrogen-bond acceptors (Lipinski definition) is 3. The molecule has 5 heteroatoms. The van der Waals surface area contributed by atoms with E-state index in [1.807, 2.05) is 30.3 Å². The Morgan fingerprint density at radius 3 is 2.55 bits per heavy atom. The summed E-state index contributed by atoms with van der Waals surface area (Å²) < 4.78 is 7.68. The molecule has 162 valence electrons. The summed E-state index contributed by atoms with van der Waals surface area (Å²) in [6, 6.07) is 18.9. The number of methoxy groups -OCH3 is 1. The predicted molar refractivity (Wildman–Crippen MR) is 125 cm³/mol. The first-order valence-corrected chi connectivity index (χ1v) is 11.6. The average Bonchev–Trinajstić information content (AvgIpc) is 3.18. The molecule has 0 bridgehead atoms. The van der Waals surface area contributed by atoms with Crippen LogP contribution in [0.2, 0.25) is 5.02 Å². The van der Waals surface area contributed by atoms with Crippen molar-refractivity contribution in [3.8, 4) is 22.7 Å². The summed E-state index contributed by atoms with van der Waals surface area (Å²) in [6.07, 6.45) is 5.10. The van der Waals surface area contributed by atoms with E-state index in [0.29, 0.717) is 0 Å². The molecule has 1 aliphatic heterocycles. The van der Waals surface area contributed by atoms with E-state index in [1.165, 1.54) is 17.7 Å². The molecule has 2 atom stereocenters. The number of rotatable bonds is 4. The fraction of sp³-hybridized carbons (Fsp3) is 0.385. The molecule has 0 unspecified atom stereocenters. The fourth-order valence-corrected chi connectivity index (χ4v) is 5.46. The highest BCUT2D eigenvalue weighted by molar-refractivity contribution is 6.32. The van der Waals surface area contributed by atoms with E-state index in [0.717, 1.165) is 66.5 Å². The minimum Gasteiger partial charge on any atom is -0.497 e. The van der Waals surface area contributed by atoms with Gasteiger partial charge in [0.05, 0.1) is 29.6 Å². The zero-order valence-corrected chi connectivity index (χ0v) is 18.7. The van der Waals surface area contributed by atoms with Crippen LogP contribution in [0, 0.1) is 0 Å². The maximum atomic E-state index is 10.6. The van der Waals surface area contributed by atoms with Gasteiger partial charge in [0.1, 0.15) is 5.75 Å². The normalized spacial score (nSPS) is 21.6. The zero-order chi connectivity index (χ0) is 21.4. The maximum absolute atomic E-state index is 10.6. The Balaban J connectivity index is 1.58. The molecule has 1 aliphatic carbocycles. The second-order valence-corrected chi connectivity index (χ2v) is 9.06. The molecule has 2 aromatic carbocycles. The van der Waals surface area contributed by atoms with Crippen LogP contribution in [0.15, 0.2) is 54.6 Å². The van der Waals surface area contributed by atoms with Gasteiger partial charge in [-0.1, -0.05) is 36.6 Å². The minimum atomic E-state index is -0.206. The number of halogens is 1. The van der Waals surface area contributed by atoms with Gasteiger partial charge in [0.25, 0.3) is 0 Å². The topological polar surface area (TPSA) is 37.6 Å². The first-order valence-electron chi connectivity index (χ1n) is 11.2. The Hall–Kier alpha value is -2.27. The molecule has 2 aliphatic rings. The van der Waals surface area contributed by atoms with Crippen molar-refractivity contribution in [2.75, 3.05) is 13.7 Å². The van der Waals surface area contributed by atoms with E-state index in [-0.39, 0.29) is 12.1 Å². The third-order valence-corrected chi connectivity index (χ3v) is 7.16. The van der Waals surface area contributed by atoms with E-state index < -0.39 is 0 Å². The van der Waals surface area contributed by atoms with Gasteiger partial charge in [-0.3, -0.25) is 4.90 Å². The van der Waals surface area contributed by atoms with Crippen molar-refractivity contribution in [2.45, 2.75) is 50.8 Å². The molecule has 0 amide bonds. The Labute approximate surface area is 189 Å². The van der Waals surface area contributed by atoms with Crippen LogP contribution in [-0.4, -0.2) is 40.4 Å². The number of fused-ring (bicyclic) bond motifs is 1. The quantitative estimate of drug-likeness (QED) is 0.589. The van der Waals surface area contributed by atoms with Crippen LogP contribution < -0.4 is 4.74 Å². The third kappa shape index (κ3) is 3.89. The number of benzene rings is 2. The highest BCUT2D eigenvalue weighted by Gasteiger charge is 2.33. The number of aromatic nitrogens is 1. The lowest BCUT2D eigenvalue weighted by atomic mass is 9.90. The molecule has 0 spiro atoms. The van der Waals surface area contributed by atoms with Gasteiger partial charge in [0.15, 0.2) is 0 Å². The average molecular weight is 437 g/mol. The van der Waals surface area contributed by atoms with Gasteiger partial charge in [-0.05, 0) is 66.4 Å². The van der Waals surface area contributed by atoms with Crippen molar-refractivity contribution < 1.29 is 9.84 Å². The summed E-state index contributed by atoms with van der Waals surface area (Å²) in [5.41, 5.74) is 5.95. The van der Waals surface area contributed by atoms with Crippen LogP contribution in [0.4, 0.5) is 0 Å². The van der Waals surface area contributed by atoms with Crippen molar-refractivity contribution in [1.29, 1.82) is 0 Å². The molecule has 1 saturated carbocycles. The standard InChI is InChI=1S/C26H29ClN2O2/c1-31-20-12-10-18(11-13-20)25-16-19-17-28(24-8-4-5-9-26(24)30)15-14-22(19)29(25)23-7-3-2-6-21(23)27/h2-3,6-7,10-13,16,24,26,30H,4-5,8-9,14-15,17H2,1H3/t24-,26-/m1/s1. The molecule has 1 N–H and O–H groups in total. The second-order valence-electron chi connectivity index (χ2n) is 8.66. The van der Waals surface area contributed by atoms with Crippen molar-refractivity contribution in [3.05, 3.63) is 70.9 Å². The fourth-order valence-electron chi connectivity index (χ4n) is 5.24. The first-order chi connectivity index (χ1) is 15.2. The van der Waals surface area contributed by atoms with Crippen LogP contribution in [0.1, 0.15) is 36.9 Å². The lowest BCUT2D eigenvalue weighted by molar-refractivity contribution is 0.0130. The number of hydrogen-bond donors (Lipinski definition) is 1. The van der Waals surface area contributed by atoms with E-state index in [1.54, 1.807) is 7.11 Å². The molecule has 5 rings (SSSR count). The summed E-state index contributed by atoms with van der Waals surface area (Å²) in [6.45, 7) is 1.84. The van der Waals surface area contributed by atoms with Crippen LogP contribution in [0.5, 0.6) is 5.75 Å². The SMILES string of the molecule is COc1ccc(-c2cc3c(n2-c2ccccc2Cl)CCN([C@@H]2CCCC[C@H]2O)C3)cc1. The van der Waals surface area contributed by atoms with Crippen LogP contribution in [0.25, 0.3) is 16.9 Å². The van der Waals surface area contributed by atoms with Gasteiger partial charge in [-0.25, -0.2) is 0 Å². The highest BCUT2D eigenvalue weighted by Crippen LogP contribution is 2.37. The Bertz CT molecular complexity index is 1060. The Morgan fingerprint density at radius 2 is 1.81 bits per heavy atom. The number of nitrogens with zero attached hydrogens (tertiary/aromatic N) is 2. The van der Waals surface area contributed by atoms with Gasteiger partial charge in [0, 0.05) is 31.2 Å². The summed E-state index contributed by atoms with van der Waals surface area (Å²) in [4.78, 5) is 2.49. The van der Waals surface area contributed by atoms with Gasteiger partial charge in [0.2, 0.25) is 0 Å². The van der Waals surface area contributed by atoms with Gasteiger partial charge in [-0.2, -0.15) is 0 Å². The molecule has 31 heavy (non-hydrogen) atoms. The second kappa shape index (κ2) is 8.70. The molecule has 0 radical (unpaired) electrons. The lowest BCUT2D eigenvalue weighted by Gasteiger charge is -2.39. The number of ether oxygens (including phenoxy) is 1. The van der Waals surface area contributed by atoms with Crippen molar-refractivity contribution in [3.63, 3.8) is 0 Å². The first kappa shape index (κ1) is 20.6. The monoisotopic (exact) mass is 436 g/mol. The van der Waals surface area contributed by atoms with Gasteiger partial charge >= 0.3 is 0 Å². The Morgan fingerprint density at radius 1 is 1.03 bits per heavy atom. The van der Waals surface area contributed by atoms with Crippen molar-refractivity contribution in [1.82, 2.24) is 9.47 Å². The maximum Gasteiger partial charge on any atom is 0.118 e. The molecule has 4 nitrogen and oxygen atoms in total. The van der Waals surface area contributed by atoms with Gasteiger partial charge in [-0.15, -0.1) is 0 Å². The van der Waals surface area contributed by atoms with E-state index in [2.05, 4.69) is 33.7 Å². The van der Waals surface area contributed by atoms with Crippen LogP contribution in [-0.2, 0) is 13.0 Å². The molecule has 1 aromatic heterocycles. The third-order valence-electron chi connectivity index (χ3n) is 6.84. The Kier molecular flexibility index (Phi) is 5.79. The molecular formula is C26H29ClN2O2.